The van der Waals surface area contributed by atoms with E-state index in [1.807, 2.05) is 19.9 Å². The van der Waals surface area contributed by atoms with Gasteiger partial charge in [-0.3, -0.25) is 4.79 Å². The molecule has 24 heavy (non-hydrogen) atoms. The van der Waals surface area contributed by atoms with Gasteiger partial charge in [-0.2, -0.15) is 0 Å². The van der Waals surface area contributed by atoms with Gasteiger partial charge in [0, 0.05) is 37.2 Å². The molecule has 0 aliphatic heterocycles. The highest BCUT2D eigenvalue weighted by Gasteiger charge is 2.24. The molecule has 0 unspecified atom stereocenters. The first-order chi connectivity index (χ1) is 11.4. The molecule has 1 aromatic rings. The largest absolute Gasteiger partial charge is 0.396 e. The van der Waals surface area contributed by atoms with Crippen molar-refractivity contribution in [2.45, 2.75) is 31.2 Å². The third-order valence-corrected chi connectivity index (χ3v) is 5.68. The van der Waals surface area contributed by atoms with Crippen molar-refractivity contribution in [2.24, 2.45) is 5.92 Å². The fourth-order valence-electron chi connectivity index (χ4n) is 2.73. The van der Waals surface area contributed by atoms with Gasteiger partial charge in [0.05, 0.1) is 4.90 Å². The van der Waals surface area contributed by atoms with Crippen molar-refractivity contribution in [3.63, 3.8) is 0 Å². The average molecular weight is 352 g/mol. The first-order valence-corrected chi connectivity index (χ1v) is 9.60. The molecule has 0 radical (unpaired) electrons. The molecule has 2 rings (SSSR count). The van der Waals surface area contributed by atoms with E-state index in [9.17, 15) is 13.2 Å². The second-order valence-corrected chi connectivity index (χ2v) is 7.51. The summed E-state index contributed by atoms with van der Waals surface area (Å²) in [5, 5.41) is 9.10. The Morgan fingerprint density at radius 3 is 2.33 bits per heavy atom. The summed E-state index contributed by atoms with van der Waals surface area (Å²) in [4.78, 5) is 14.0. The summed E-state index contributed by atoms with van der Waals surface area (Å²) < 4.78 is 27.4. The predicted octanol–water partition coefficient (Wildman–Crippen LogP) is 1.38. The standard InChI is InChI=1S/C17H24N2O4S/c1-3-19(4-2)17(21)14-6-9-16(10-7-14)24(22,23)18-15-8-5-13(11-15)12-20/h5-10,13,15,18,20H,3-4,11-12H2,1-2H3/t13-,15+/m0/s1. The lowest BCUT2D eigenvalue weighted by molar-refractivity contribution is 0.0773. The molecule has 2 N–H and O–H groups in total. The number of nitrogens with zero attached hydrogens (tertiary/aromatic N) is 1. The molecule has 0 fully saturated rings. The minimum Gasteiger partial charge on any atom is -0.396 e. The number of sulfonamides is 1. The van der Waals surface area contributed by atoms with Gasteiger partial charge in [0.2, 0.25) is 10.0 Å². The summed E-state index contributed by atoms with van der Waals surface area (Å²) in [5.74, 6) is -0.117. The summed E-state index contributed by atoms with van der Waals surface area (Å²) in [6, 6.07) is 5.65. The van der Waals surface area contributed by atoms with Crippen LogP contribution in [0.1, 0.15) is 30.6 Å². The molecule has 0 bridgehead atoms. The lowest BCUT2D eigenvalue weighted by Gasteiger charge is -2.19. The smallest absolute Gasteiger partial charge is 0.253 e. The zero-order valence-electron chi connectivity index (χ0n) is 14.0. The van der Waals surface area contributed by atoms with E-state index < -0.39 is 10.0 Å². The zero-order chi connectivity index (χ0) is 17.7. The molecule has 0 spiro atoms. The Morgan fingerprint density at radius 2 is 1.83 bits per heavy atom. The van der Waals surface area contributed by atoms with Crippen LogP contribution in [-0.2, 0) is 10.0 Å². The molecule has 132 valence electrons. The molecule has 6 nitrogen and oxygen atoms in total. The lowest BCUT2D eigenvalue weighted by atomic mass is 10.1. The topological polar surface area (TPSA) is 86.7 Å². The van der Waals surface area contributed by atoms with Crippen molar-refractivity contribution >= 4 is 15.9 Å². The van der Waals surface area contributed by atoms with Gasteiger partial charge in [0.15, 0.2) is 0 Å². The Labute approximate surface area is 143 Å². The second-order valence-electron chi connectivity index (χ2n) is 5.79. The van der Waals surface area contributed by atoms with Crippen LogP contribution < -0.4 is 4.72 Å². The van der Waals surface area contributed by atoms with E-state index in [4.69, 9.17) is 5.11 Å². The molecular weight excluding hydrogens is 328 g/mol. The monoisotopic (exact) mass is 352 g/mol. The molecule has 0 saturated carbocycles. The molecule has 7 heteroatoms. The number of hydrogen-bond donors (Lipinski definition) is 2. The Bertz CT molecular complexity index is 694. The van der Waals surface area contributed by atoms with Crippen molar-refractivity contribution in [1.82, 2.24) is 9.62 Å². The van der Waals surface area contributed by atoms with Gasteiger partial charge in [0.25, 0.3) is 5.91 Å². The molecule has 1 aliphatic rings. The normalized spacial score (nSPS) is 20.3. The summed E-state index contributed by atoms with van der Waals surface area (Å²) >= 11 is 0. The average Bonchev–Trinajstić information content (AvgIpc) is 3.03. The molecular formula is C17H24N2O4S. The third-order valence-electron chi connectivity index (χ3n) is 4.18. The summed E-state index contributed by atoms with van der Waals surface area (Å²) in [7, 11) is -3.66. The van der Waals surface area contributed by atoms with Crippen LogP contribution in [0.4, 0.5) is 0 Å². The minimum absolute atomic E-state index is 0.00762. The van der Waals surface area contributed by atoms with Gasteiger partial charge in [0.1, 0.15) is 0 Å². The maximum Gasteiger partial charge on any atom is 0.253 e. The van der Waals surface area contributed by atoms with Gasteiger partial charge >= 0.3 is 0 Å². The first kappa shape index (κ1) is 18.6. The number of aliphatic hydroxyl groups is 1. The maximum atomic E-state index is 12.4. The number of nitrogens with one attached hydrogen (secondary N) is 1. The van der Waals surface area contributed by atoms with E-state index in [0.717, 1.165) is 0 Å². The van der Waals surface area contributed by atoms with Gasteiger partial charge < -0.3 is 10.0 Å². The van der Waals surface area contributed by atoms with Crippen molar-refractivity contribution in [2.75, 3.05) is 19.7 Å². The van der Waals surface area contributed by atoms with Crippen molar-refractivity contribution in [3.05, 3.63) is 42.0 Å². The molecule has 2 atom stereocenters. The van der Waals surface area contributed by atoms with Crippen molar-refractivity contribution < 1.29 is 18.3 Å². The fraction of sp³-hybridized carbons (Fsp3) is 0.471. The third kappa shape index (κ3) is 4.23. The van der Waals surface area contributed by atoms with Crippen LogP contribution in [0, 0.1) is 5.92 Å². The summed E-state index contributed by atoms with van der Waals surface area (Å²) in [5.41, 5.74) is 0.471. The van der Waals surface area contributed by atoms with Crippen LogP contribution >= 0.6 is 0 Å². The highest BCUT2D eigenvalue weighted by Crippen LogP contribution is 2.20. The molecule has 0 heterocycles. The van der Waals surface area contributed by atoms with Gasteiger partial charge in [-0.25, -0.2) is 13.1 Å². The zero-order valence-corrected chi connectivity index (χ0v) is 14.8. The van der Waals surface area contributed by atoms with Crippen molar-refractivity contribution in [3.8, 4) is 0 Å². The molecule has 0 aromatic heterocycles. The van der Waals surface area contributed by atoms with E-state index in [0.29, 0.717) is 25.1 Å². The number of hydrogen-bond acceptors (Lipinski definition) is 4. The van der Waals surface area contributed by atoms with Crippen LogP contribution in [0.15, 0.2) is 41.3 Å². The van der Waals surface area contributed by atoms with Gasteiger partial charge in [-0.1, -0.05) is 12.2 Å². The Kier molecular flexibility index (Phi) is 6.15. The number of carbonyl (C=O) groups excluding carboxylic acids is 1. The number of carbonyl (C=O) groups is 1. The molecule has 1 amide bonds. The lowest BCUT2D eigenvalue weighted by Crippen LogP contribution is -2.33. The number of benzene rings is 1. The fourth-order valence-corrected chi connectivity index (χ4v) is 3.94. The van der Waals surface area contributed by atoms with Crippen LogP contribution in [0.5, 0.6) is 0 Å². The van der Waals surface area contributed by atoms with Crippen LogP contribution in [0.3, 0.4) is 0 Å². The van der Waals surface area contributed by atoms with E-state index in [-0.39, 0.29) is 29.4 Å². The number of rotatable bonds is 7. The SMILES string of the molecule is CCN(CC)C(=O)c1ccc(S(=O)(=O)N[C@@H]2C=C[C@H](CO)C2)cc1. The van der Waals surface area contributed by atoms with E-state index in [1.165, 1.54) is 24.3 Å². The van der Waals surface area contributed by atoms with Crippen LogP contribution in [0.25, 0.3) is 0 Å². The van der Waals surface area contributed by atoms with E-state index in [2.05, 4.69) is 4.72 Å². The van der Waals surface area contributed by atoms with Crippen molar-refractivity contribution in [1.29, 1.82) is 0 Å². The van der Waals surface area contributed by atoms with Gasteiger partial charge in [-0.15, -0.1) is 0 Å². The summed E-state index contributed by atoms with van der Waals surface area (Å²) in [6.45, 7) is 5.03. The summed E-state index contributed by atoms with van der Waals surface area (Å²) in [6.07, 6.45) is 4.13. The Hall–Kier alpha value is -1.70. The van der Waals surface area contributed by atoms with Gasteiger partial charge in [-0.05, 0) is 44.5 Å². The van der Waals surface area contributed by atoms with E-state index in [1.54, 1.807) is 11.0 Å². The number of aliphatic hydroxyl groups excluding tert-OH is 1. The molecule has 1 aromatic carbocycles. The molecule has 0 saturated heterocycles. The van der Waals surface area contributed by atoms with E-state index >= 15 is 0 Å². The Morgan fingerprint density at radius 1 is 1.21 bits per heavy atom. The molecule has 1 aliphatic carbocycles. The van der Waals surface area contributed by atoms with Crippen LogP contribution in [-0.4, -0.2) is 50.1 Å². The quantitative estimate of drug-likeness (QED) is 0.726. The minimum atomic E-state index is -3.66. The second kappa shape index (κ2) is 7.92. The highest BCUT2D eigenvalue weighted by atomic mass is 32.2. The predicted molar refractivity (Wildman–Crippen MR) is 92.1 cm³/mol. The van der Waals surface area contributed by atoms with Crippen LogP contribution in [0.2, 0.25) is 0 Å². The first-order valence-electron chi connectivity index (χ1n) is 8.12. The Balaban J connectivity index is 2.09. The highest BCUT2D eigenvalue weighted by molar-refractivity contribution is 7.89. The number of amides is 1. The maximum absolute atomic E-state index is 12.4.